The predicted molar refractivity (Wildman–Crippen MR) is 52.1 cm³/mol. The molecular weight excluding hydrogens is 180 g/mol. The van der Waals surface area contributed by atoms with Crippen LogP contribution in [0.5, 0.6) is 0 Å². The van der Waals surface area contributed by atoms with Gasteiger partial charge in [0.15, 0.2) is 8.32 Å². The lowest BCUT2D eigenvalue weighted by Gasteiger charge is -2.26. The molecular formula is C6H15ClOSi2. The second kappa shape index (κ2) is 3.21. The lowest BCUT2D eigenvalue weighted by atomic mass is 11.3. The fraction of sp³-hybridized carbons (Fsp3) is 0.667. The van der Waals surface area contributed by atoms with Crippen LogP contribution in [0.2, 0.25) is 26.2 Å². The maximum atomic E-state index is 6.00. The summed E-state index contributed by atoms with van der Waals surface area (Å²) in [5, 5.41) is 0. The molecule has 0 aliphatic carbocycles. The number of hydrogen-bond acceptors (Lipinski definition) is 1. The molecule has 60 valence electrons. The monoisotopic (exact) mass is 194 g/mol. The van der Waals surface area contributed by atoms with Crippen molar-refractivity contribution < 1.29 is 4.12 Å². The van der Waals surface area contributed by atoms with Crippen molar-refractivity contribution in [3.05, 3.63) is 12.3 Å². The number of halogens is 1. The maximum Gasteiger partial charge on any atom is 0.274 e. The van der Waals surface area contributed by atoms with Gasteiger partial charge in [-0.2, -0.15) is 0 Å². The Bertz CT molecular complexity index is 128. The van der Waals surface area contributed by atoms with Crippen LogP contribution in [0.1, 0.15) is 0 Å². The topological polar surface area (TPSA) is 9.23 Å². The minimum absolute atomic E-state index is 1.62. The van der Waals surface area contributed by atoms with Gasteiger partial charge in [-0.1, -0.05) is 5.70 Å². The first kappa shape index (κ1) is 10.4. The third-order valence-corrected chi connectivity index (χ3v) is 6.72. The van der Waals surface area contributed by atoms with Crippen LogP contribution in [-0.2, 0) is 4.12 Å². The van der Waals surface area contributed by atoms with Crippen LogP contribution in [0.25, 0.3) is 0 Å². The van der Waals surface area contributed by atoms with Crippen LogP contribution >= 0.6 is 11.1 Å². The van der Waals surface area contributed by atoms with E-state index in [1.54, 1.807) is 0 Å². The van der Waals surface area contributed by atoms with Crippen LogP contribution in [0.3, 0.4) is 0 Å². The van der Waals surface area contributed by atoms with Crippen molar-refractivity contribution in [3.63, 3.8) is 0 Å². The van der Waals surface area contributed by atoms with Crippen molar-refractivity contribution >= 4 is 27.0 Å². The average Bonchev–Trinajstić information content (AvgIpc) is 1.60. The lowest BCUT2D eigenvalue weighted by molar-refractivity contribution is 0.580. The van der Waals surface area contributed by atoms with Gasteiger partial charge in [-0.3, -0.25) is 0 Å². The molecule has 0 atom stereocenters. The zero-order chi connectivity index (χ0) is 8.41. The zero-order valence-corrected chi connectivity index (χ0v) is 9.83. The summed E-state index contributed by atoms with van der Waals surface area (Å²) in [7, 11) is -3.47. The van der Waals surface area contributed by atoms with Crippen molar-refractivity contribution in [2.24, 2.45) is 0 Å². The van der Waals surface area contributed by atoms with Gasteiger partial charge in [0.1, 0.15) is 0 Å². The second-order valence-electron chi connectivity index (χ2n) is 3.27. The molecule has 0 aromatic carbocycles. The van der Waals surface area contributed by atoms with Crippen molar-refractivity contribution in [1.82, 2.24) is 0 Å². The van der Waals surface area contributed by atoms with Crippen molar-refractivity contribution in [1.29, 1.82) is 0 Å². The molecule has 0 radical (unpaired) electrons. The van der Waals surface area contributed by atoms with Gasteiger partial charge in [-0.05, 0) is 26.2 Å². The van der Waals surface area contributed by atoms with E-state index in [0.29, 0.717) is 0 Å². The molecule has 0 aromatic heterocycles. The van der Waals surface area contributed by atoms with E-state index in [1.165, 1.54) is 0 Å². The van der Waals surface area contributed by atoms with Crippen molar-refractivity contribution in [2.45, 2.75) is 26.2 Å². The molecule has 0 unspecified atom stereocenters. The Labute approximate surface area is 70.0 Å². The fourth-order valence-electron chi connectivity index (χ4n) is 0.667. The van der Waals surface area contributed by atoms with Gasteiger partial charge in [-0.15, -0.1) is 17.7 Å². The Hall–Kier alpha value is 0.424. The molecule has 10 heavy (non-hydrogen) atoms. The van der Waals surface area contributed by atoms with E-state index >= 15 is 0 Å². The molecule has 0 N–H and O–H groups in total. The van der Waals surface area contributed by atoms with Crippen molar-refractivity contribution in [2.75, 3.05) is 0 Å². The Kier molecular flexibility index (Phi) is 3.35. The molecule has 0 aromatic rings. The third-order valence-electron chi connectivity index (χ3n) is 0.997. The van der Waals surface area contributed by atoms with E-state index in [-0.39, 0.29) is 0 Å². The molecule has 0 amide bonds. The van der Waals surface area contributed by atoms with Gasteiger partial charge in [0, 0.05) is 0 Å². The van der Waals surface area contributed by atoms with Gasteiger partial charge < -0.3 is 4.12 Å². The fourth-order valence-corrected chi connectivity index (χ4v) is 7.79. The zero-order valence-electron chi connectivity index (χ0n) is 7.07. The molecule has 0 aliphatic rings. The van der Waals surface area contributed by atoms with Crippen LogP contribution in [-0.4, -0.2) is 15.9 Å². The van der Waals surface area contributed by atoms with Gasteiger partial charge in [0.2, 0.25) is 0 Å². The van der Waals surface area contributed by atoms with Gasteiger partial charge >= 0.3 is 0 Å². The van der Waals surface area contributed by atoms with Gasteiger partial charge in [-0.25, -0.2) is 0 Å². The summed E-state index contributed by atoms with van der Waals surface area (Å²) in [6.45, 7) is 11.9. The van der Waals surface area contributed by atoms with E-state index in [4.69, 9.17) is 15.2 Å². The first-order valence-electron chi connectivity index (χ1n) is 3.29. The summed E-state index contributed by atoms with van der Waals surface area (Å²) in [6, 6.07) is 0. The first-order valence-corrected chi connectivity index (χ1v) is 10.2. The minimum atomic E-state index is -1.85. The normalized spacial score (nSPS) is 13.3. The van der Waals surface area contributed by atoms with Crippen molar-refractivity contribution in [3.8, 4) is 0 Å². The van der Waals surface area contributed by atoms with Crippen LogP contribution in [0, 0.1) is 0 Å². The van der Waals surface area contributed by atoms with Gasteiger partial charge in [0.05, 0.1) is 0 Å². The Balaban J connectivity index is 4.01. The molecule has 0 bridgehead atoms. The number of rotatable bonds is 3. The summed E-state index contributed by atoms with van der Waals surface area (Å²) in [5.41, 5.74) is 1.91. The molecule has 0 heterocycles. The summed E-state index contributed by atoms with van der Waals surface area (Å²) < 4.78 is 5.70. The van der Waals surface area contributed by atoms with Crippen LogP contribution in [0.4, 0.5) is 0 Å². The van der Waals surface area contributed by atoms with E-state index < -0.39 is 15.9 Å². The summed E-state index contributed by atoms with van der Waals surface area (Å²) >= 11 is 6.00. The summed E-state index contributed by atoms with van der Waals surface area (Å²) in [4.78, 5) is 0. The average molecular weight is 195 g/mol. The molecule has 0 spiro atoms. The Morgan fingerprint density at radius 1 is 1.30 bits per heavy atom. The molecule has 0 saturated carbocycles. The van der Waals surface area contributed by atoms with E-state index in [9.17, 15) is 0 Å². The maximum absolute atomic E-state index is 6.00. The first-order chi connectivity index (χ1) is 4.27. The SMILES string of the molecule is C=C[Si](C)(C)O[Si](C)(C)Cl. The number of hydrogen-bond donors (Lipinski definition) is 0. The van der Waals surface area contributed by atoms with Crippen LogP contribution in [0.15, 0.2) is 12.3 Å². The largest absolute Gasteiger partial charge is 0.441 e. The summed E-state index contributed by atoms with van der Waals surface area (Å²) in [5.74, 6) is 0. The van der Waals surface area contributed by atoms with Gasteiger partial charge in [0.25, 0.3) is 7.63 Å². The highest BCUT2D eigenvalue weighted by Crippen LogP contribution is 2.17. The smallest absolute Gasteiger partial charge is 0.274 e. The molecule has 0 saturated heterocycles. The molecule has 1 nitrogen and oxygen atoms in total. The molecule has 0 aliphatic heterocycles. The highest BCUT2D eigenvalue weighted by Gasteiger charge is 2.28. The molecule has 4 heteroatoms. The Morgan fingerprint density at radius 3 is 1.80 bits per heavy atom. The summed E-state index contributed by atoms with van der Waals surface area (Å²) in [6.07, 6.45) is 0. The highest BCUT2D eigenvalue weighted by atomic mass is 35.6. The lowest BCUT2D eigenvalue weighted by Crippen LogP contribution is -2.39. The predicted octanol–water partition coefficient (Wildman–Crippen LogP) is 2.87. The molecule has 0 fully saturated rings. The second-order valence-corrected chi connectivity index (χ2v) is 13.2. The van der Waals surface area contributed by atoms with E-state index in [0.717, 1.165) is 0 Å². The standard InChI is InChI=1S/C6H15ClOSi2/c1-6-9(2,3)8-10(4,5)7/h6H,1H2,2-5H3. The Morgan fingerprint density at radius 2 is 1.70 bits per heavy atom. The highest BCUT2D eigenvalue weighted by molar-refractivity contribution is 7.18. The van der Waals surface area contributed by atoms with E-state index in [1.807, 2.05) is 18.8 Å². The minimum Gasteiger partial charge on any atom is -0.441 e. The quantitative estimate of drug-likeness (QED) is 0.496. The molecule has 0 rings (SSSR count). The third kappa shape index (κ3) is 5.23. The van der Waals surface area contributed by atoms with Crippen LogP contribution < -0.4 is 0 Å². The van der Waals surface area contributed by atoms with E-state index in [2.05, 4.69) is 19.7 Å².